The Balaban J connectivity index is 1.54. The lowest BCUT2D eigenvalue weighted by Gasteiger charge is -2.16. The van der Waals surface area contributed by atoms with E-state index < -0.39 is 0 Å². The molecule has 0 saturated heterocycles. The summed E-state index contributed by atoms with van der Waals surface area (Å²) in [5.74, 6) is 0.251. The van der Waals surface area contributed by atoms with E-state index in [1.165, 1.54) is 40.0 Å². The Kier molecular flexibility index (Phi) is 6.34. The van der Waals surface area contributed by atoms with Gasteiger partial charge in [-0.25, -0.2) is 4.98 Å². The van der Waals surface area contributed by atoms with Gasteiger partial charge in [-0.2, -0.15) is 0 Å². The van der Waals surface area contributed by atoms with Crippen LogP contribution in [0.3, 0.4) is 0 Å². The number of carbonyl (C=O) groups excluding carboxylic acids is 1. The topological polar surface area (TPSA) is 55.2 Å². The molecule has 0 spiro atoms. The van der Waals surface area contributed by atoms with E-state index in [9.17, 15) is 9.59 Å². The smallest absolute Gasteiger partial charge is 0.263 e. The molecule has 1 aliphatic rings. The highest BCUT2D eigenvalue weighted by Crippen LogP contribution is 2.34. The summed E-state index contributed by atoms with van der Waals surface area (Å²) in [4.78, 5) is 35.4. The minimum Gasteiger partial charge on any atom is -0.340 e. The van der Waals surface area contributed by atoms with E-state index in [1.807, 2.05) is 19.1 Å². The van der Waals surface area contributed by atoms with Crippen LogP contribution in [-0.2, 0) is 30.7 Å². The number of aryl methyl sites for hydroxylation is 2. The van der Waals surface area contributed by atoms with Crippen LogP contribution in [0.4, 0.5) is 0 Å². The van der Waals surface area contributed by atoms with Gasteiger partial charge in [-0.05, 0) is 50.3 Å². The predicted molar refractivity (Wildman–Crippen MR) is 123 cm³/mol. The number of carbonyl (C=O) groups is 1. The number of nitrogens with zero attached hydrogens (tertiary/aromatic N) is 3. The first-order valence-electron chi connectivity index (χ1n) is 9.64. The molecule has 1 aliphatic carbocycles. The Morgan fingerprint density at radius 3 is 2.83 bits per heavy atom. The molecule has 1 amide bonds. The summed E-state index contributed by atoms with van der Waals surface area (Å²) in [5.41, 5.74) is 1.24. The Morgan fingerprint density at radius 2 is 2.10 bits per heavy atom. The Bertz CT molecular complexity index is 1120. The van der Waals surface area contributed by atoms with Crippen LogP contribution in [0, 0.1) is 0 Å². The summed E-state index contributed by atoms with van der Waals surface area (Å²) in [6.45, 7) is 3.03. The molecular weight excluding hydrogens is 446 g/mol. The van der Waals surface area contributed by atoms with Crippen molar-refractivity contribution in [3.63, 3.8) is 0 Å². The molecule has 0 atom stereocenters. The van der Waals surface area contributed by atoms with Crippen molar-refractivity contribution in [1.29, 1.82) is 0 Å². The van der Waals surface area contributed by atoms with Gasteiger partial charge in [0.25, 0.3) is 5.56 Å². The number of halogens is 1. The van der Waals surface area contributed by atoms with Gasteiger partial charge < -0.3 is 4.90 Å². The van der Waals surface area contributed by atoms with Gasteiger partial charge in [-0.15, -0.1) is 22.7 Å². The van der Waals surface area contributed by atoms with Crippen molar-refractivity contribution < 1.29 is 4.79 Å². The fourth-order valence-electron chi connectivity index (χ4n) is 3.60. The molecule has 3 aromatic rings. The number of aromatic nitrogens is 2. The summed E-state index contributed by atoms with van der Waals surface area (Å²) in [7, 11) is 1.79. The third kappa shape index (κ3) is 4.26. The number of amides is 1. The number of hydrogen-bond acceptors (Lipinski definition) is 6. The average molecular weight is 468 g/mol. The summed E-state index contributed by atoms with van der Waals surface area (Å²) >= 11 is 10.4. The summed E-state index contributed by atoms with van der Waals surface area (Å²) in [5, 5.41) is 1.43. The van der Waals surface area contributed by atoms with E-state index >= 15 is 0 Å². The number of fused-ring (bicyclic) bond motifs is 3. The van der Waals surface area contributed by atoms with Crippen LogP contribution in [0.15, 0.2) is 22.1 Å². The molecule has 4 rings (SSSR count). The minimum absolute atomic E-state index is 0.00185. The number of hydrogen-bond donors (Lipinski definition) is 0. The third-order valence-corrected chi connectivity index (χ3v) is 8.49. The van der Waals surface area contributed by atoms with Crippen LogP contribution in [-0.4, -0.2) is 33.2 Å². The first-order valence-corrected chi connectivity index (χ1v) is 12.6. The highest BCUT2D eigenvalue weighted by atomic mass is 35.5. The Hall–Kier alpha value is -1.35. The van der Waals surface area contributed by atoms with Crippen LogP contribution in [0.2, 0.25) is 4.34 Å². The molecule has 0 unspecified atom stereocenters. The number of rotatable bonds is 6. The molecule has 0 aromatic carbocycles. The van der Waals surface area contributed by atoms with Crippen molar-refractivity contribution in [2.24, 2.45) is 0 Å². The maximum Gasteiger partial charge on any atom is 0.263 e. The first kappa shape index (κ1) is 20.9. The van der Waals surface area contributed by atoms with Crippen molar-refractivity contribution in [3.05, 3.63) is 42.1 Å². The SMILES string of the molecule is CCn1c(SCC(=O)N(C)Cc2ccc(Cl)s2)nc2sc3c(c2c1=O)CCCC3. The van der Waals surface area contributed by atoms with Gasteiger partial charge in [0.15, 0.2) is 5.16 Å². The summed E-state index contributed by atoms with van der Waals surface area (Å²) in [6, 6.07) is 3.78. The molecule has 0 N–H and O–H groups in total. The van der Waals surface area contributed by atoms with Crippen LogP contribution < -0.4 is 5.56 Å². The van der Waals surface area contributed by atoms with Crippen LogP contribution in [0.5, 0.6) is 0 Å². The largest absolute Gasteiger partial charge is 0.340 e. The van der Waals surface area contributed by atoms with Gasteiger partial charge in [0.2, 0.25) is 5.91 Å². The van der Waals surface area contributed by atoms with Crippen LogP contribution >= 0.6 is 46.0 Å². The van der Waals surface area contributed by atoms with Crippen molar-refractivity contribution in [2.45, 2.75) is 50.9 Å². The van der Waals surface area contributed by atoms with E-state index in [4.69, 9.17) is 16.6 Å². The maximum absolute atomic E-state index is 13.1. The normalized spacial score (nSPS) is 13.6. The molecular formula is C20H22ClN3O2S3. The summed E-state index contributed by atoms with van der Waals surface area (Å²) < 4.78 is 2.43. The van der Waals surface area contributed by atoms with Crippen molar-refractivity contribution in [3.8, 4) is 0 Å². The second kappa shape index (κ2) is 8.79. The van der Waals surface area contributed by atoms with Crippen molar-refractivity contribution in [1.82, 2.24) is 14.5 Å². The van der Waals surface area contributed by atoms with E-state index in [1.54, 1.807) is 27.9 Å². The number of thioether (sulfide) groups is 1. The Morgan fingerprint density at radius 1 is 1.31 bits per heavy atom. The molecule has 0 radical (unpaired) electrons. The summed E-state index contributed by atoms with van der Waals surface area (Å²) in [6.07, 6.45) is 4.33. The van der Waals surface area contributed by atoms with E-state index in [-0.39, 0.29) is 17.2 Å². The molecule has 29 heavy (non-hydrogen) atoms. The number of thiophene rings is 2. The zero-order valence-electron chi connectivity index (χ0n) is 16.4. The zero-order valence-corrected chi connectivity index (χ0v) is 19.6. The molecule has 5 nitrogen and oxygen atoms in total. The van der Waals surface area contributed by atoms with E-state index in [2.05, 4.69) is 0 Å². The lowest BCUT2D eigenvalue weighted by Crippen LogP contribution is -2.28. The standard InChI is InChI=1S/C20H22ClN3O2S3/c1-3-24-19(26)17-13-6-4-5-7-14(13)29-18(17)22-20(24)27-11-16(25)23(2)10-12-8-9-15(21)28-12/h8-9H,3-7,10-11H2,1-2H3. The van der Waals surface area contributed by atoms with Crippen molar-refractivity contribution >= 4 is 62.2 Å². The van der Waals surface area contributed by atoms with Gasteiger partial charge >= 0.3 is 0 Å². The van der Waals surface area contributed by atoms with Gasteiger partial charge in [0, 0.05) is 23.3 Å². The average Bonchev–Trinajstić information content (AvgIpc) is 3.28. The molecule has 0 saturated carbocycles. The molecule has 154 valence electrons. The van der Waals surface area contributed by atoms with Gasteiger partial charge in [-0.1, -0.05) is 23.4 Å². The molecule has 0 fully saturated rings. The van der Waals surface area contributed by atoms with Gasteiger partial charge in [0.05, 0.1) is 22.0 Å². The third-order valence-electron chi connectivity index (χ3n) is 5.13. The highest BCUT2D eigenvalue weighted by molar-refractivity contribution is 7.99. The highest BCUT2D eigenvalue weighted by Gasteiger charge is 2.22. The molecule has 9 heteroatoms. The second-order valence-corrected chi connectivity index (χ2v) is 10.9. The quantitative estimate of drug-likeness (QED) is 0.385. The Labute approximate surface area is 186 Å². The molecule has 0 bridgehead atoms. The molecule has 0 aliphatic heterocycles. The van der Waals surface area contributed by atoms with Crippen LogP contribution in [0.1, 0.15) is 35.1 Å². The molecule has 3 heterocycles. The molecule has 3 aromatic heterocycles. The van der Waals surface area contributed by atoms with Crippen LogP contribution in [0.25, 0.3) is 10.2 Å². The minimum atomic E-state index is 0.00185. The zero-order chi connectivity index (χ0) is 20.5. The fourth-order valence-corrected chi connectivity index (χ4v) is 7.05. The van der Waals surface area contributed by atoms with E-state index in [0.29, 0.717) is 18.2 Å². The lowest BCUT2D eigenvalue weighted by molar-refractivity contribution is -0.127. The second-order valence-electron chi connectivity index (χ2n) is 7.08. The monoisotopic (exact) mass is 467 g/mol. The predicted octanol–water partition coefficient (Wildman–Crippen LogP) is 4.82. The fraction of sp³-hybridized carbons (Fsp3) is 0.450. The van der Waals surface area contributed by atoms with Crippen molar-refractivity contribution in [2.75, 3.05) is 12.8 Å². The maximum atomic E-state index is 13.1. The lowest BCUT2D eigenvalue weighted by atomic mass is 9.97. The van der Waals surface area contributed by atoms with E-state index in [0.717, 1.165) is 38.7 Å². The van der Waals surface area contributed by atoms with Gasteiger partial charge in [-0.3, -0.25) is 14.2 Å². The first-order chi connectivity index (χ1) is 14.0. The van der Waals surface area contributed by atoms with Gasteiger partial charge in [0.1, 0.15) is 4.83 Å².